The number of nitrogens with one attached hydrogen (secondary N) is 2. The van der Waals surface area contributed by atoms with Gasteiger partial charge in [-0.2, -0.15) is 0 Å². The van der Waals surface area contributed by atoms with Gasteiger partial charge in [-0.05, 0) is 81.0 Å². The van der Waals surface area contributed by atoms with Gasteiger partial charge < -0.3 is 15.4 Å². The number of hydrogen-bond donors (Lipinski definition) is 3. The van der Waals surface area contributed by atoms with Crippen LogP contribution in [0.1, 0.15) is 56.7 Å². The van der Waals surface area contributed by atoms with Gasteiger partial charge in [0.1, 0.15) is 5.75 Å². The molecule has 9 nitrogen and oxygen atoms in total. The Balaban J connectivity index is 1.78. The van der Waals surface area contributed by atoms with Crippen LogP contribution in [-0.4, -0.2) is 51.1 Å². The van der Waals surface area contributed by atoms with E-state index < -0.39 is 26.6 Å². The molecule has 0 radical (unpaired) electrons. The molecule has 2 saturated heterocycles. The lowest BCUT2D eigenvalue weighted by Gasteiger charge is -2.41. The third kappa shape index (κ3) is 6.60. The van der Waals surface area contributed by atoms with Gasteiger partial charge in [-0.15, -0.1) is 0 Å². The van der Waals surface area contributed by atoms with Crippen molar-refractivity contribution >= 4 is 56.5 Å². The molecule has 3 aromatic carbocycles. The summed E-state index contributed by atoms with van der Waals surface area (Å²) >= 11 is 19.2. The molecule has 13 heteroatoms. The summed E-state index contributed by atoms with van der Waals surface area (Å²) in [5.74, 6) is -0.406. The van der Waals surface area contributed by atoms with E-state index in [9.17, 15) is 13.2 Å². The molecular formula is C34H39Cl3N4O5S. The molecule has 2 amide bonds. The predicted molar refractivity (Wildman–Crippen MR) is 184 cm³/mol. The summed E-state index contributed by atoms with van der Waals surface area (Å²) in [6.45, 7) is 6.74. The lowest BCUT2D eigenvalue weighted by molar-refractivity contribution is -0.141. The van der Waals surface area contributed by atoms with Crippen LogP contribution in [0.4, 0.5) is 0 Å². The van der Waals surface area contributed by atoms with E-state index in [1.807, 2.05) is 38.1 Å². The van der Waals surface area contributed by atoms with Crippen LogP contribution in [0.2, 0.25) is 15.1 Å². The maximum absolute atomic E-state index is 15.2. The number of benzene rings is 3. The Labute approximate surface area is 291 Å². The van der Waals surface area contributed by atoms with Gasteiger partial charge in [-0.25, -0.2) is 8.42 Å². The molecule has 252 valence electrons. The number of likely N-dealkylation sites (tertiary alicyclic amines) is 1. The number of nitrogens with two attached hydrogens (primary N) is 1. The molecule has 0 aromatic heterocycles. The van der Waals surface area contributed by atoms with Crippen LogP contribution in [0.25, 0.3) is 0 Å². The van der Waals surface area contributed by atoms with Gasteiger partial charge >= 0.3 is 0 Å². The van der Waals surface area contributed by atoms with Crippen LogP contribution in [0.5, 0.6) is 5.75 Å². The van der Waals surface area contributed by atoms with Crippen LogP contribution in [0, 0.1) is 5.92 Å². The summed E-state index contributed by atoms with van der Waals surface area (Å²) in [7, 11) is -3.83. The SMILES string of the molecule is CCOc1cc(Cl)c(S(C)(=O)=O)cc1C1(C(=O)N2CCC(CC(N)=O)CC2)N[C@@](C)(c2ccc(Cl)cc2)[C@@](C)(c2ccc(Cl)cc2)N1. The number of carbonyl (C=O) groups excluding carboxylic acids is 2. The van der Waals surface area contributed by atoms with Crippen LogP contribution >= 0.6 is 34.8 Å². The Kier molecular flexibility index (Phi) is 9.97. The summed E-state index contributed by atoms with van der Waals surface area (Å²) in [6.07, 6.45) is 2.49. The first-order valence-electron chi connectivity index (χ1n) is 15.4. The molecular weight excluding hydrogens is 683 g/mol. The number of rotatable bonds is 9. The largest absolute Gasteiger partial charge is 0.493 e. The maximum Gasteiger partial charge on any atom is 0.262 e. The summed E-state index contributed by atoms with van der Waals surface area (Å²) in [5.41, 5.74) is 3.63. The molecule has 5 rings (SSSR count). The normalized spacial score (nSPS) is 25.1. The van der Waals surface area contributed by atoms with Crippen molar-refractivity contribution in [3.8, 4) is 5.75 Å². The Morgan fingerprint density at radius 1 is 0.915 bits per heavy atom. The summed E-state index contributed by atoms with van der Waals surface area (Å²) in [6, 6.07) is 17.6. The zero-order valence-corrected chi connectivity index (χ0v) is 29.8. The highest BCUT2D eigenvalue weighted by molar-refractivity contribution is 7.90. The second kappa shape index (κ2) is 13.2. The molecule has 2 heterocycles. The zero-order valence-electron chi connectivity index (χ0n) is 26.7. The topological polar surface area (TPSA) is 131 Å². The summed E-state index contributed by atoms with van der Waals surface area (Å²) in [4.78, 5) is 28.5. The van der Waals surface area contributed by atoms with Crippen molar-refractivity contribution in [1.82, 2.24) is 15.5 Å². The number of sulfone groups is 1. The van der Waals surface area contributed by atoms with Crippen molar-refractivity contribution in [2.45, 2.75) is 61.7 Å². The van der Waals surface area contributed by atoms with E-state index in [4.69, 9.17) is 45.3 Å². The average Bonchev–Trinajstić information content (AvgIpc) is 3.26. The van der Waals surface area contributed by atoms with E-state index in [-0.39, 0.29) is 52.0 Å². The number of piperidine rings is 1. The van der Waals surface area contributed by atoms with Crippen LogP contribution in [0.15, 0.2) is 65.6 Å². The number of nitrogens with zero attached hydrogens (tertiary/aromatic N) is 1. The molecule has 3 atom stereocenters. The van der Waals surface area contributed by atoms with E-state index in [1.54, 1.807) is 36.1 Å². The van der Waals surface area contributed by atoms with E-state index in [0.29, 0.717) is 36.0 Å². The van der Waals surface area contributed by atoms with Crippen molar-refractivity contribution in [3.05, 3.63) is 92.4 Å². The van der Waals surface area contributed by atoms with Gasteiger partial charge in [-0.3, -0.25) is 20.2 Å². The molecule has 0 aliphatic carbocycles. The quantitative estimate of drug-likeness (QED) is 0.257. The molecule has 2 aliphatic heterocycles. The first kappa shape index (κ1) is 35.4. The van der Waals surface area contributed by atoms with E-state index in [0.717, 1.165) is 17.4 Å². The predicted octanol–water partition coefficient (Wildman–Crippen LogP) is 5.74. The van der Waals surface area contributed by atoms with Crippen molar-refractivity contribution in [3.63, 3.8) is 0 Å². The smallest absolute Gasteiger partial charge is 0.262 e. The van der Waals surface area contributed by atoms with Crippen LogP contribution in [0.3, 0.4) is 0 Å². The third-order valence-electron chi connectivity index (χ3n) is 9.57. The summed E-state index contributed by atoms with van der Waals surface area (Å²) in [5, 5.41) is 8.48. The van der Waals surface area contributed by atoms with Gasteiger partial charge in [-0.1, -0.05) is 59.1 Å². The lowest BCUT2D eigenvalue weighted by atomic mass is 9.72. The number of hydrogen-bond acceptors (Lipinski definition) is 7. The van der Waals surface area contributed by atoms with Crippen molar-refractivity contribution < 1.29 is 22.7 Å². The Bertz CT molecular complexity index is 1720. The minimum atomic E-state index is -3.83. The van der Waals surface area contributed by atoms with Crippen molar-refractivity contribution in [1.29, 1.82) is 0 Å². The molecule has 3 aromatic rings. The van der Waals surface area contributed by atoms with Crippen molar-refractivity contribution in [2.75, 3.05) is 26.0 Å². The molecule has 2 aliphatic rings. The monoisotopic (exact) mass is 720 g/mol. The van der Waals surface area contributed by atoms with Gasteiger partial charge in [0.15, 0.2) is 15.5 Å². The Hall–Kier alpha value is -2.86. The highest BCUT2D eigenvalue weighted by Gasteiger charge is 2.65. The number of amides is 2. The Morgan fingerprint density at radius 3 is 1.83 bits per heavy atom. The first-order chi connectivity index (χ1) is 22.0. The van der Waals surface area contributed by atoms with Crippen molar-refractivity contribution in [2.24, 2.45) is 11.7 Å². The van der Waals surface area contributed by atoms with Gasteiger partial charge in [0.2, 0.25) is 5.91 Å². The number of carbonyl (C=O) groups is 2. The zero-order chi connectivity index (χ0) is 34.4. The standard InChI is InChI=1S/C34H39Cl3N4O5S/c1-5-46-28-20-27(37)29(47(4,44)45)19-26(28)34(31(43)41-16-14-21(15-17-41)18-30(38)42)39-32(2,22-6-10-24(35)11-7-22)33(3,40-34)23-8-12-25(36)13-9-23/h6-13,19-21,39-40H,5,14-18H2,1-4H3,(H2,38,42)/t32-,33+,34?. The number of ether oxygens (including phenoxy) is 1. The fourth-order valence-corrected chi connectivity index (χ4v) is 8.50. The molecule has 47 heavy (non-hydrogen) atoms. The maximum atomic E-state index is 15.2. The van der Waals surface area contributed by atoms with E-state index in [2.05, 4.69) is 10.6 Å². The van der Waals surface area contributed by atoms with Gasteiger partial charge in [0.05, 0.1) is 27.6 Å². The first-order valence-corrected chi connectivity index (χ1v) is 18.4. The molecule has 0 spiro atoms. The van der Waals surface area contributed by atoms with E-state index in [1.165, 1.54) is 12.1 Å². The number of primary amides is 1. The van der Waals surface area contributed by atoms with E-state index >= 15 is 4.79 Å². The molecule has 1 unspecified atom stereocenters. The second-order valence-corrected chi connectivity index (χ2v) is 15.9. The molecule has 0 bridgehead atoms. The minimum absolute atomic E-state index is 0.0199. The minimum Gasteiger partial charge on any atom is -0.493 e. The molecule has 2 fully saturated rings. The second-order valence-electron chi connectivity index (χ2n) is 12.7. The van der Waals surface area contributed by atoms with Crippen LogP contribution in [-0.2, 0) is 36.2 Å². The molecule has 4 N–H and O–H groups in total. The lowest BCUT2D eigenvalue weighted by Crippen LogP contribution is -2.61. The molecule has 0 saturated carbocycles. The van der Waals surface area contributed by atoms with Gasteiger partial charge in [0.25, 0.3) is 5.91 Å². The summed E-state index contributed by atoms with van der Waals surface area (Å²) < 4.78 is 32.1. The highest BCUT2D eigenvalue weighted by Crippen LogP contribution is 2.52. The third-order valence-corrected chi connectivity index (χ3v) is 11.6. The van der Waals surface area contributed by atoms with Gasteiger partial charge in [0, 0.05) is 47.4 Å². The Morgan fingerprint density at radius 2 is 1.40 bits per heavy atom. The van der Waals surface area contributed by atoms with Crippen LogP contribution < -0.4 is 21.1 Å². The fraction of sp³-hybridized carbons (Fsp3) is 0.412. The fourth-order valence-electron chi connectivity index (χ4n) is 6.93. The average molecular weight is 722 g/mol. The number of halogens is 3. The highest BCUT2D eigenvalue weighted by atomic mass is 35.5.